The van der Waals surface area contributed by atoms with Gasteiger partial charge in [0, 0.05) is 10.6 Å². The molecule has 0 aliphatic heterocycles. The van der Waals surface area contributed by atoms with Gasteiger partial charge in [-0.15, -0.1) is 11.3 Å². The van der Waals surface area contributed by atoms with Crippen molar-refractivity contribution < 1.29 is 9.90 Å². The van der Waals surface area contributed by atoms with Crippen molar-refractivity contribution in [2.24, 2.45) is 0 Å². The number of nitrogens with one attached hydrogen (secondary N) is 1. The summed E-state index contributed by atoms with van der Waals surface area (Å²) in [4.78, 5) is 14.3. The Morgan fingerprint density at radius 2 is 1.89 bits per heavy atom. The second-order valence-corrected chi connectivity index (χ2v) is 5.90. The first kappa shape index (κ1) is 12.2. The molecule has 0 atom stereocenters. The molecule has 0 bridgehead atoms. The molecule has 1 aromatic carbocycles. The maximum Gasteiger partial charge on any atom is 0.265 e. The number of phenols is 1. The summed E-state index contributed by atoms with van der Waals surface area (Å²) in [6.07, 6.45) is 4.65. The van der Waals surface area contributed by atoms with E-state index in [-0.39, 0.29) is 11.7 Å². The summed E-state index contributed by atoms with van der Waals surface area (Å²) >= 11 is 1.60. The van der Waals surface area contributed by atoms with E-state index >= 15 is 0 Å². The Hall–Kier alpha value is -1.81. The molecule has 19 heavy (non-hydrogen) atoms. The van der Waals surface area contributed by atoms with Gasteiger partial charge in [0.05, 0.1) is 4.88 Å². The zero-order valence-electron chi connectivity index (χ0n) is 10.5. The molecule has 0 unspecified atom stereocenters. The lowest BCUT2D eigenvalue weighted by molar-refractivity contribution is 0.103. The molecule has 1 aliphatic carbocycles. The Bertz CT molecular complexity index is 578. The minimum atomic E-state index is -0.0647. The summed E-state index contributed by atoms with van der Waals surface area (Å²) in [7, 11) is 0. The van der Waals surface area contributed by atoms with Crippen LogP contribution in [0.1, 0.15) is 33.0 Å². The predicted octanol–water partition coefficient (Wildman–Crippen LogP) is 3.58. The molecule has 1 heterocycles. The van der Waals surface area contributed by atoms with Gasteiger partial charge in [0.25, 0.3) is 5.91 Å². The van der Waals surface area contributed by atoms with E-state index in [1.807, 2.05) is 6.07 Å². The van der Waals surface area contributed by atoms with E-state index in [9.17, 15) is 9.90 Å². The first-order valence-corrected chi connectivity index (χ1v) is 7.26. The smallest absolute Gasteiger partial charge is 0.265 e. The molecule has 1 aromatic heterocycles. The number of fused-ring (bicyclic) bond motifs is 1. The zero-order chi connectivity index (χ0) is 13.2. The zero-order valence-corrected chi connectivity index (χ0v) is 11.3. The van der Waals surface area contributed by atoms with Crippen LogP contribution in [0.4, 0.5) is 5.69 Å². The van der Waals surface area contributed by atoms with Gasteiger partial charge < -0.3 is 10.4 Å². The van der Waals surface area contributed by atoms with E-state index in [1.54, 1.807) is 35.6 Å². The molecule has 1 aliphatic rings. The number of hydrogen-bond donors (Lipinski definition) is 2. The van der Waals surface area contributed by atoms with Crippen LogP contribution in [0.2, 0.25) is 0 Å². The van der Waals surface area contributed by atoms with Gasteiger partial charge in [0.2, 0.25) is 0 Å². The van der Waals surface area contributed by atoms with Gasteiger partial charge in [-0.3, -0.25) is 4.79 Å². The van der Waals surface area contributed by atoms with E-state index < -0.39 is 0 Å². The standard InChI is InChI=1S/C15H15NO2S/c17-12-7-5-11(6-8-12)16-15(18)14-9-10-3-1-2-4-13(10)19-14/h5-9,17H,1-4H2,(H,16,18). The molecule has 1 amide bonds. The van der Waals surface area contributed by atoms with Gasteiger partial charge in [-0.05, 0) is 61.6 Å². The largest absolute Gasteiger partial charge is 0.508 e. The lowest BCUT2D eigenvalue weighted by Gasteiger charge is -2.08. The number of thiophene rings is 1. The molecule has 2 aromatic rings. The Balaban J connectivity index is 1.76. The fourth-order valence-electron chi connectivity index (χ4n) is 2.34. The summed E-state index contributed by atoms with van der Waals surface area (Å²) in [6, 6.07) is 8.54. The summed E-state index contributed by atoms with van der Waals surface area (Å²) < 4.78 is 0. The van der Waals surface area contributed by atoms with Crippen LogP contribution < -0.4 is 5.32 Å². The molecule has 0 fully saturated rings. The van der Waals surface area contributed by atoms with Crippen molar-refractivity contribution in [1.82, 2.24) is 0 Å². The molecule has 4 heteroatoms. The van der Waals surface area contributed by atoms with Gasteiger partial charge in [-0.1, -0.05) is 0 Å². The van der Waals surface area contributed by atoms with Crippen LogP contribution in [0.15, 0.2) is 30.3 Å². The third kappa shape index (κ3) is 2.63. The average Bonchev–Trinajstić information content (AvgIpc) is 2.85. The van der Waals surface area contributed by atoms with Gasteiger partial charge in [-0.2, -0.15) is 0 Å². The third-order valence-corrected chi connectivity index (χ3v) is 4.58. The van der Waals surface area contributed by atoms with Crippen molar-refractivity contribution in [2.45, 2.75) is 25.7 Å². The lowest BCUT2D eigenvalue weighted by atomic mass is 9.99. The number of aromatic hydroxyl groups is 1. The van der Waals surface area contributed by atoms with Gasteiger partial charge in [-0.25, -0.2) is 0 Å². The normalized spacial score (nSPS) is 13.9. The number of amides is 1. The van der Waals surface area contributed by atoms with Crippen LogP contribution in [-0.4, -0.2) is 11.0 Å². The number of carbonyl (C=O) groups is 1. The highest BCUT2D eigenvalue weighted by atomic mass is 32.1. The SMILES string of the molecule is O=C(Nc1ccc(O)cc1)c1cc2c(s1)CCCC2. The summed E-state index contributed by atoms with van der Waals surface area (Å²) in [5.74, 6) is 0.134. The van der Waals surface area contributed by atoms with Crippen LogP contribution in [0.3, 0.4) is 0 Å². The van der Waals surface area contributed by atoms with Crippen LogP contribution in [-0.2, 0) is 12.8 Å². The molecular weight excluding hydrogens is 258 g/mol. The highest BCUT2D eigenvalue weighted by Crippen LogP contribution is 2.30. The molecule has 3 rings (SSSR count). The fraction of sp³-hybridized carbons (Fsp3) is 0.267. The van der Waals surface area contributed by atoms with Crippen molar-refractivity contribution >= 4 is 22.9 Å². The first-order valence-electron chi connectivity index (χ1n) is 6.44. The summed E-state index contributed by atoms with van der Waals surface area (Å²) in [5.41, 5.74) is 2.04. The summed E-state index contributed by atoms with van der Waals surface area (Å²) in [5, 5.41) is 12.1. The highest BCUT2D eigenvalue weighted by molar-refractivity contribution is 7.14. The number of carbonyl (C=O) groups excluding carboxylic acids is 1. The molecule has 0 spiro atoms. The van der Waals surface area contributed by atoms with E-state index in [1.165, 1.54) is 23.3 Å². The van der Waals surface area contributed by atoms with E-state index in [0.717, 1.165) is 17.7 Å². The average molecular weight is 273 g/mol. The van der Waals surface area contributed by atoms with Crippen molar-refractivity contribution in [3.63, 3.8) is 0 Å². The maximum absolute atomic E-state index is 12.2. The quantitative estimate of drug-likeness (QED) is 0.822. The number of anilines is 1. The van der Waals surface area contributed by atoms with E-state index in [4.69, 9.17) is 0 Å². The van der Waals surface area contributed by atoms with Crippen molar-refractivity contribution in [2.75, 3.05) is 5.32 Å². The van der Waals surface area contributed by atoms with Crippen LogP contribution >= 0.6 is 11.3 Å². The highest BCUT2D eigenvalue weighted by Gasteiger charge is 2.17. The minimum Gasteiger partial charge on any atom is -0.508 e. The Kier molecular flexibility index (Phi) is 3.25. The minimum absolute atomic E-state index is 0.0647. The van der Waals surface area contributed by atoms with Gasteiger partial charge >= 0.3 is 0 Å². The van der Waals surface area contributed by atoms with Gasteiger partial charge in [0.15, 0.2) is 0 Å². The monoisotopic (exact) mass is 273 g/mol. The first-order chi connectivity index (χ1) is 9.22. The second-order valence-electron chi connectivity index (χ2n) is 4.77. The number of aryl methyl sites for hydroxylation is 2. The number of benzene rings is 1. The van der Waals surface area contributed by atoms with Crippen molar-refractivity contribution in [1.29, 1.82) is 0 Å². The van der Waals surface area contributed by atoms with Crippen LogP contribution in [0.25, 0.3) is 0 Å². The molecule has 3 nitrogen and oxygen atoms in total. The molecule has 2 N–H and O–H groups in total. The number of rotatable bonds is 2. The molecule has 0 saturated heterocycles. The molecule has 0 radical (unpaired) electrons. The third-order valence-electron chi connectivity index (χ3n) is 3.35. The maximum atomic E-state index is 12.2. The van der Waals surface area contributed by atoms with Crippen LogP contribution in [0.5, 0.6) is 5.75 Å². The lowest BCUT2D eigenvalue weighted by Crippen LogP contribution is -2.09. The second kappa shape index (κ2) is 5.05. The van der Waals surface area contributed by atoms with Crippen LogP contribution in [0, 0.1) is 0 Å². The Labute approximate surface area is 115 Å². The molecule has 0 saturated carbocycles. The van der Waals surface area contributed by atoms with Gasteiger partial charge in [0.1, 0.15) is 5.75 Å². The van der Waals surface area contributed by atoms with Crippen molar-refractivity contribution in [3.05, 3.63) is 45.6 Å². The number of phenolic OH excluding ortho intramolecular Hbond substituents is 1. The van der Waals surface area contributed by atoms with E-state index in [0.29, 0.717) is 5.69 Å². The molecule has 98 valence electrons. The summed E-state index contributed by atoms with van der Waals surface area (Å²) in [6.45, 7) is 0. The molecular formula is C15H15NO2S. The Morgan fingerprint density at radius 1 is 1.16 bits per heavy atom. The topological polar surface area (TPSA) is 49.3 Å². The Morgan fingerprint density at radius 3 is 2.63 bits per heavy atom. The van der Waals surface area contributed by atoms with E-state index in [2.05, 4.69) is 5.32 Å². The fourth-order valence-corrected chi connectivity index (χ4v) is 3.49. The van der Waals surface area contributed by atoms with Crippen molar-refractivity contribution in [3.8, 4) is 5.75 Å². The predicted molar refractivity (Wildman–Crippen MR) is 77.0 cm³/mol. The number of hydrogen-bond acceptors (Lipinski definition) is 3.